The predicted octanol–water partition coefficient (Wildman–Crippen LogP) is 6.05. The Morgan fingerprint density at radius 2 is 1.87 bits per heavy atom. The number of piperidine rings is 1. The first-order valence-electron chi connectivity index (χ1n) is 17.9. The molecular formula is C37H44F2N8O5. The van der Waals surface area contributed by atoms with Gasteiger partial charge in [-0.3, -0.25) is 4.68 Å². The van der Waals surface area contributed by atoms with Crippen molar-refractivity contribution in [1.29, 1.82) is 0 Å². The molecule has 52 heavy (non-hydrogen) atoms. The van der Waals surface area contributed by atoms with E-state index in [0.29, 0.717) is 59.5 Å². The number of benzene rings is 2. The number of methoxy groups -OCH3 is 3. The van der Waals surface area contributed by atoms with Gasteiger partial charge in [-0.1, -0.05) is 0 Å². The summed E-state index contributed by atoms with van der Waals surface area (Å²) in [4.78, 5) is 11.7. The van der Waals surface area contributed by atoms with Crippen LogP contribution in [-0.2, 0) is 22.6 Å². The molecule has 1 N–H and O–H groups in total. The maximum atomic E-state index is 15.5. The van der Waals surface area contributed by atoms with Crippen LogP contribution in [0.3, 0.4) is 0 Å². The van der Waals surface area contributed by atoms with E-state index in [-0.39, 0.29) is 36.5 Å². The second-order valence-electron chi connectivity index (χ2n) is 14.0. The van der Waals surface area contributed by atoms with E-state index >= 15 is 8.78 Å². The number of halogens is 2. The fourth-order valence-electron chi connectivity index (χ4n) is 7.54. The standard InChI is InChI=1S/C37H44F2N8O5/c1-48-27-9-8-23(31(14-27)49-2)17-40-36-42-30-16-32(50-3)29(39)15-28(30)35-43-34(44-47(35)36)24-13-25(38)20-45(19-24)26-18-41-46(21-26)22-37(10-6-11-37)52-33-7-4-5-12-51-33/h8-9,14-16,18,21,24-25,33H,4-7,10-13,17,19-20,22H2,1-3H3,(H,40,42). The monoisotopic (exact) mass is 718 g/mol. The van der Waals surface area contributed by atoms with Gasteiger partial charge in [-0.05, 0) is 63.1 Å². The van der Waals surface area contributed by atoms with Gasteiger partial charge in [0.05, 0.1) is 50.9 Å². The van der Waals surface area contributed by atoms with Crippen LogP contribution < -0.4 is 24.4 Å². The van der Waals surface area contributed by atoms with Crippen molar-refractivity contribution in [3.05, 3.63) is 59.9 Å². The van der Waals surface area contributed by atoms with Crippen LogP contribution in [-0.4, -0.2) is 88.5 Å². The smallest absolute Gasteiger partial charge is 0.226 e. The molecule has 0 spiro atoms. The summed E-state index contributed by atoms with van der Waals surface area (Å²) in [7, 11) is 4.60. The lowest BCUT2D eigenvalue weighted by molar-refractivity contribution is -0.251. The zero-order chi connectivity index (χ0) is 35.8. The lowest BCUT2D eigenvalue weighted by atomic mass is 9.80. The van der Waals surface area contributed by atoms with Gasteiger partial charge in [0.25, 0.3) is 0 Å². The third-order valence-corrected chi connectivity index (χ3v) is 10.5. The molecule has 2 aromatic carbocycles. The number of aromatic nitrogens is 6. The van der Waals surface area contributed by atoms with Gasteiger partial charge in [-0.25, -0.2) is 18.7 Å². The Morgan fingerprint density at radius 3 is 2.62 bits per heavy atom. The molecule has 8 rings (SSSR count). The highest BCUT2D eigenvalue weighted by Gasteiger charge is 2.42. The van der Waals surface area contributed by atoms with E-state index < -0.39 is 12.0 Å². The van der Waals surface area contributed by atoms with Gasteiger partial charge >= 0.3 is 0 Å². The zero-order valence-corrected chi connectivity index (χ0v) is 29.7. The third-order valence-electron chi connectivity index (χ3n) is 10.5. The van der Waals surface area contributed by atoms with Crippen molar-refractivity contribution < 1.29 is 32.5 Å². The Morgan fingerprint density at radius 1 is 1.00 bits per heavy atom. The minimum Gasteiger partial charge on any atom is -0.497 e. The molecule has 0 amide bonds. The van der Waals surface area contributed by atoms with Crippen LogP contribution in [0.25, 0.3) is 16.6 Å². The minimum absolute atomic E-state index is 0.0627. The molecule has 3 fully saturated rings. The van der Waals surface area contributed by atoms with Crippen LogP contribution in [0.2, 0.25) is 0 Å². The van der Waals surface area contributed by atoms with Gasteiger partial charge in [0.2, 0.25) is 5.95 Å². The Labute approximate surface area is 300 Å². The molecule has 3 atom stereocenters. The number of fused-ring (bicyclic) bond motifs is 3. The van der Waals surface area contributed by atoms with Gasteiger partial charge in [0.15, 0.2) is 29.3 Å². The summed E-state index contributed by atoms with van der Waals surface area (Å²) < 4.78 is 62.6. The maximum absolute atomic E-state index is 15.5. The molecule has 3 aliphatic rings. The second-order valence-corrected chi connectivity index (χ2v) is 14.0. The SMILES string of the molecule is COc1ccc(CNc2nc3cc(OC)c(F)cc3c3nc(C4CC(F)CN(c5cnn(CC6(OC7CCCCO7)CCC6)c5)C4)nn23)c(OC)c1. The Hall–Kier alpha value is -4.76. The van der Waals surface area contributed by atoms with Gasteiger partial charge in [-0.2, -0.15) is 9.61 Å². The van der Waals surface area contributed by atoms with Crippen LogP contribution in [0.5, 0.6) is 17.2 Å². The molecular weight excluding hydrogens is 674 g/mol. The zero-order valence-electron chi connectivity index (χ0n) is 29.7. The van der Waals surface area contributed by atoms with Crippen molar-refractivity contribution in [2.75, 3.05) is 51.2 Å². The van der Waals surface area contributed by atoms with Crippen molar-refractivity contribution in [2.45, 2.75) is 82.0 Å². The molecule has 276 valence electrons. The maximum Gasteiger partial charge on any atom is 0.226 e. The van der Waals surface area contributed by atoms with Crippen molar-refractivity contribution in [1.82, 2.24) is 29.4 Å². The largest absolute Gasteiger partial charge is 0.497 e. The first-order chi connectivity index (χ1) is 25.3. The molecule has 15 heteroatoms. The lowest BCUT2D eigenvalue weighted by Crippen LogP contribution is -2.47. The van der Waals surface area contributed by atoms with E-state index in [9.17, 15) is 0 Å². The van der Waals surface area contributed by atoms with Crippen LogP contribution >= 0.6 is 0 Å². The van der Waals surface area contributed by atoms with E-state index in [2.05, 4.69) is 10.4 Å². The number of ether oxygens (including phenoxy) is 5. The third kappa shape index (κ3) is 6.78. The molecule has 3 aromatic heterocycles. The van der Waals surface area contributed by atoms with Crippen LogP contribution in [0, 0.1) is 5.82 Å². The van der Waals surface area contributed by atoms with Crippen molar-refractivity contribution in [3.8, 4) is 17.2 Å². The second kappa shape index (κ2) is 14.3. The molecule has 5 heterocycles. The highest BCUT2D eigenvalue weighted by Crippen LogP contribution is 2.40. The summed E-state index contributed by atoms with van der Waals surface area (Å²) in [6, 6.07) is 8.44. The number of anilines is 2. The normalized spacial score (nSPS) is 21.6. The summed E-state index contributed by atoms with van der Waals surface area (Å²) in [5, 5.41) is 13.3. The molecule has 1 saturated carbocycles. The molecule has 0 bridgehead atoms. The van der Waals surface area contributed by atoms with Crippen molar-refractivity contribution >= 4 is 28.2 Å². The number of alkyl halides is 1. The highest BCUT2D eigenvalue weighted by molar-refractivity contribution is 5.93. The quantitative estimate of drug-likeness (QED) is 0.162. The van der Waals surface area contributed by atoms with Crippen LogP contribution in [0.1, 0.15) is 62.3 Å². The fraction of sp³-hybridized carbons (Fsp3) is 0.514. The van der Waals surface area contributed by atoms with E-state index in [0.717, 1.165) is 56.4 Å². The number of nitrogens with zero attached hydrogens (tertiary/aromatic N) is 7. The summed E-state index contributed by atoms with van der Waals surface area (Å²) >= 11 is 0. The summed E-state index contributed by atoms with van der Waals surface area (Å²) in [5.41, 5.74) is 2.27. The van der Waals surface area contributed by atoms with E-state index in [1.807, 2.05) is 27.9 Å². The average molecular weight is 719 g/mol. The first kappa shape index (κ1) is 34.3. The number of rotatable bonds is 12. The molecule has 3 unspecified atom stereocenters. The molecule has 2 aliphatic heterocycles. The number of hydrogen-bond donors (Lipinski definition) is 1. The predicted molar refractivity (Wildman–Crippen MR) is 190 cm³/mol. The fourth-order valence-corrected chi connectivity index (χ4v) is 7.54. The summed E-state index contributed by atoms with van der Waals surface area (Å²) in [6.45, 7) is 2.42. The number of nitrogens with one attached hydrogen (secondary N) is 1. The molecule has 0 radical (unpaired) electrons. The minimum atomic E-state index is -1.12. The van der Waals surface area contributed by atoms with Crippen LogP contribution in [0.15, 0.2) is 42.7 Å². The average Bonchev–Trinajstić information content (AvgIpc) is 3.81. The van der Waals surface area contributed by atoms with E-state index in [1.54, 1.807) is 31.0 Å². The molecule has 5 aromatic rings. The van der Waals surface area contributed by atoms with Crippen LogP contribution in [0.4, 0.5) is 20.4 Å². The Kier molecular flexibility index (Phi) is 9.47. The van der Waals surface area contributed by atoms with E-state index in [1.165, 1.54) is 19.2 Å². The summed E-state index contributed by atoms with van der Waals surface area (Å²) in [6.07, 6.45) is 8.88. The molecule has 13 nitrogen and oxygen atoms in total. The first-order valence-corrected chi connectivity index (χ1v) is 17.9. The Bertz CT molecular complexity index is 2050. The van der Waals surface area contributed by atoms with Gasteiger partial charge in [0, 0.05) is 61.4 Å². The Balaban J connectivity index is 1.06. The number of hydrogen-bond acceptors (Lipinski definition) is 11. The van der Waals surface area contributed by atoms with Crippen molar-refractivity contribution in [3.63, 3.8) is 0 Å². The highest BCUT2D eigenvalue weighted by atomic mass is 19.1. The van der Waals surface area contributed by atoms with Crippen molar-refractivity contribution in [2.24, 2.45) is 0 Å². The van der Waals surface area contributed by atoms with Gasteiger partial charge < -0.3 is 33.9 Å². The molecule has 2 saturated heterocycles. The van der Waals surface area contributed by atoms with Gasteiger partial charge in [0.1, 0.15) is 17.7 Å². The summed E-state index contributed by atoms with van der Waals surface area (Å²) in [5.74, 6) is 1.31. The van der Waals surface area contributed by atoms with E-state index in [4.69, 9.17) is 38.8 Å². The molecule has 1 aliphatic carbocycles. The van der Waals surface area contributed by atoms with Gasteiger partial charge in [-0.15, -0.1) is 5.10 Å². The lowest BCUT2D eigenvalue weighted by Gasteiger charge is -2.44. The topological polar surface area (TPSA) is 122 Å².